The molecule has 1 aliphatic rings. The van der Waals surface area contributed by atoms with Crippen molar-refractivity contribution in [2.24, 2.45) is 7.05 Å². The van der Waals surface area contributed by atoms with Crippen LogP contribution in [0, 0.1) is 13.8 Å². The van der Waals surface area contributed by atoms with Gasteiger partial charge in [0.1, 0.15) is 5.82 Å². The third-order valence-electron chi connectivity index (χ3n) is 5.20. The molecule has 0 spiro atoms. The van der Waals surface area contributed by atoms with E-state index < -0.39 is 0 Å². The normalized spacial score (nSPS) is 15.7. The van der Waals surface area contributed by atoms with Crippen LogP contribution >= 0.6 is 0 Å². The molecule has 1 aliphatic heterocycles. The molecule has 0 aromatic carbocycles. The molecule has 0 N–H and O–H groups in total. The lowest BCUT2D eigenvalue weighted by atomic mass is 10.2. The Morgan fingerprint density at radius 3 is 2.58 bits per heavy atom. The highest BCUT2D eigenvalue weighted by atomic mass is 16.1. The van der Waals surface area contributed by atoms with Crippen LogP contribution in [0.4, 0.5) is 5.82 Å². The van der Waals surface area contributed by atoms with E-state index in [0.29, 0.717) is 0 Å². The number of aromatic nitrogens is 4. The molecule has 7 nitrogen and oxygen atoms in total. The molecule has 0 unspecified atom stereocenters. The van der Waals surface area contributed by atoms with Crippen molar-refractivity contribution >= 4 is 11.5 Å². The Labute approximate surface area is 152 Å². The number of anilines is 1. The first-order chi connectivity index (χ1) is 12.5. The molecule has 7 heteroatoms. The lowest BCUT2D eigenvalue weighted by Gasteiger charge is -2.35. The summed E-state index contributed by atoms with van der Waals surface area (Å²) in [5, 5.41) is 4.77. The van der Waals surface area contributed by atoms with Gasteiger partial charge in [0.05, 0.1) is 11.4 Å². The summed E-state index contributed by atoms with van der Waals surface area (Å²) in [5.74, 6) is 0.992. The minimum atomic E-state index is 0.0460. The lowest BCUT2D eigenvalue weighted by molar-refractivity contribution is 0.249. The summed E-state index contributed by atoms with van der Waals surface area (Å²) >= 11 is 0. The van der Waals surface area contributed by atoms with Crippen molar-refractivity contribution in [2.45, 2.75) is 20.4 Å². The molecule has 3 aromatic rings. The van der Waals surface area contributed by atoms with Gasteiger partial charge in [-0.3, -0.25) is 9.69 Å². The quantitative estimate of drug-likeness (QED) is 0.713. The Hall–Kier alpha value is -2.67. The molecule has 4 heterocycles. The molecule has 4 rings (SSSR count). The number of imidazole rings is 1. The molecular formula is C19H24N6O. The smallest absolute Gasteiger partial charge is 0.250 e. The van der Waals surface area contributed by atoms with Gasteiger partial charge in [0, 0.05) is 52.0 Å². The molecule has 26 heavy (non-hydrogen) atoms. The van der Waals surface area contributed by atoms with Crippen LogP contribution in [0.15, 0.2) is 35.3 Å². The summed E-state index contributed by atoms with van der Waals surface area (Å²) < 4.78 is 3.53. The first-order valence-electron chi connectivity index (χ1n) is 8.97. The van der Waals surface area contributed by atoms with Crippen molar-refractivity contribution < 1.29 is 0 Å². The SMILES string of the molecule is Cc1nc2ccc(N3CCN(Cc4ccn(C)c(=O)c4)CC3)nn2c1C. The van der Waals surface area contributed by atoms with E-state index in [0.717, 1.165) is 61.1 Å². The molecule has 0 bridgehead atoms. The number of fused-ring (bicyclic) bond motifs is 1. The molecule has 1 fully saturated rings. The molecular weight excluding hydrogens is 328 g/mol. The van der Waals surface area contributed by atoms with E-state index in [1.165, 1.54) is 0 Å². The van der Waals surface area contributed by atoms with Crippen molar-refractivity contribution in [2.75, 3.05) is 31.1 Å². The van der Waals surface area contributed by atoms with Gasteiger partial charge in [0.25, 0.3) is 5.56 Å². The summed E-state index contributed by atoms with van der Waals surface area (Å²) in [7, 11) is 1.78. The van der Waals surface area contributed by atoms with Gasteiger partial charge in [-0.05, 0) is 37.6 Å². The van der Waals surface area contributed by atoms with E-state index in [9.17, 15) is 4.79 Å². The van der Waals surface area contributed by atoms with Crippen LogP contribution in [-0.2, 0) is 13.6 Å². The molecule has 1 saturated heterocycles. The topological polar surface area (TPSA) is 58.7 Å². The average molecular weight is 352 g/mol. The first-order valence-corrected chi connectivity index (χ1v) is 8.97. The van der Waals surface area contributed by atoms with Gasteiger partial charge >= 0.3 is 0 Å². The summed E-state index contributed by atoms with van der Waals surface area (Å²) in [4.78, 5) is 21.0. The van der Waals surface area contributed by atoms with E-state index in [1.807, 2.05) is 36.7 Å². The number of nitrogens with zero attached hydrogens (tertiary/aromatic N) is 6. The van der Waals surface area contributed by atoms with Gasteiger partial charge in [0.2, 0.25) is 0 Å². The van der Waals surface area contributed by atoms with Crippen LogP contribution in [-0.4, -0.2) is 50.2 Å². The predicted molar refractivity (Wildman–Crippen MR) is 102 cm³/mol. The Bertz CT molecular complexity index is 997. The van der Waals surface area contributed by atoms with E-state index in [4.69, 9.17) is 5.10 Å². The van der Waals surface area contributed by atoms with Crippen molar-refractivity contribution in [3.05, 3.63) is 57.8 Å². The first kappa shape index (κ1) is 16.8. The van der Waals surface area contributed by atoms with Gasteiger partial charge in [-0.15, -0.1) is 5.10 Å². The molecule has 0 saturated carbocycles. The highest BCUT2D eigenvalue weighted by molar-refractivity contribution is 5.48. The van der Waals surface area contributed by atoms with Crippen LogP contribution in [0.2, 0.25) is 0 Å². The van der Waals surface area contributed by atoms with Gasteiger partial charge in [0.15, 0.2) is 5.65 Å². The number of rotatable bonds is 3. The minimum Gasteiger partial charge on any atom is -0.353 e. The zero-order chi connectivity index (χ0) is 18.3. The summed E-state index contributed by atoms with van der Waals surface area (Å²) in [5.41, 5.74) is 4.13. The number of aryl methyl sites for hydroxylation is 3. The van der Waals surface area contributed by atoms with Gasteiger partial charge in [-0.2, -0.15) is 0 Å². The fourth-order valence-electron chi connectivity index (χ4n) is 3.39. The average Bonchev–Trinajstić information content (AvgIpc) is 2.93. The monoisotopic (exact) mass is 352 g/mol. The molecule has 136 valence electrons. The second kappa shape index (κ2) is 6.57. The summed E-state index contributed by atoms with van der Waals surface area (Å²) in [6, 6.07) is 7.84. The second-order valence-corrected chi connectivity index (χ2v) is 6.99. The van der Waals surface area contributed by atoms with Crippen molar-refractivity contribution in [3.63, 3.8) is 0 Å². The summed E-state index contributed by atoms with van der Waals surface area (Å²) in [6.45, 7) is 8.64. The Morgan fingerprint density at radius 2 is 1.85 bits per heavy atom. The van der Waals surface area contributed by atoms with Crippen molar-refractivity contribution in [3.8, 4) is 0 Å². The molecule has 0 aliphatic carbocycles. The zero-order valence-corrected chi connectivity index (χ0v) is 15.5. The van der Waals surface area contributed by atoms with Gasteiger partial charge in [-0.1, -0.05) is 0 Å². The molecule has 0 atom stereocenters. The molecule has 0 radical (unpaired) electrons. The highest BCUT2D eigenvalue weighted by Crippen LogP contribution is 2.17. The third-order valence-corrected chi connectivity index (χ3v) is 5.20. The fourth-order valence-corrected chi connectivity index (χ4v) is 3.39. The van der Waals surface area contributed by atoms with Crippen molar-refractivity contribution in [1.29, 1.82) is 0 Å². The van der Waals surface area contributed by atoms with Crippen LogP contribution in [0.25, 0.3) is 5.65 Å². The fraction of sp³-hybridized carbons (Fsp3) is 0.421. The Kier molecular flexibility index (Phi) is 4.24. The molecule has 3 aromatic heterocycles. The van der Waals surface area contributed by atoms with Gasteiger partial charge in [-0.25, -0.2) is 9.50 Å². The van der Waals surface area contributed by atoms with Crippen LogP contribution in [0.3, 0.4) is 0 Å². The largest absolute Gasteiger partial charge is 0.353 e. The van der Waals surface area contributed by atoms with E-state index in [2.05, 4.69) is 20.9 Å². The van der Waals surface area contributed by atoms with Crippen LogP contribution in [0.1, 0.15) is 17.0 Å². The minimum absolute atomic E-state index is 0.0460. The van der Waals surface area contributed by atoms with E-state index in [1.54, 1.807) is 17.7 Å². The maximum absolute atomic E-state index is 11.8. The van der Waals surface area contributed by atoms with Crippen LogP contribution < -0.4 is 10.5 Å². The number of pyridine rings is 1. The number of piperazine rings is 1. The molecule has 0 amide bonds. The maximum Gasteiger partial charge on any atom is 0.250 e. The van der Waals surface area contributed by atoms with Crippen molar-refractivity contribution in [1.82, 2.24) is 24.1 Å². The number of hydrogen-bond acceptors (Lipinski definition) is 5. The van der Waals surface area contributed by atoms with Gasteiger partial charge < -0.3 is 9.47 Å². The summed E-state index contributed by atoms with van der Waals surface area (Å²) in [6.07, 6.45) is 1.84. The second-order valence-electron chi connectivity index (χ2n) is 6.99. The Morgan fingerprint density at radius 1 is 1.08 bits per heavy atom. The number of hydrogen-bond donors (Lipinski definition) is 0. The lowest BCUT2D eigenvalue weighted by Crippen LogP contribution is -2.46. The third kappa shape index (κ3) is 3.10. The van der Waals surface area contributed by atoms with E-state index in [-0.39, 0.29) is 5.56 Å². The predicted octanol–water partition coefficient (Wildman–Crippen LogP) is 1.37. The zero-order valence-electron chi connectivity index (χ0n) is 15.5. The highest BCUT2D eigenvalue weighted by Gasteiger charge is 2.19. The van der Waals surface area contributed by atoms with E-state index >= 15 is 0 Å². The maximum atomic E-state index is 11.8. The standard InChI is InChI=1S/C19H24N6O/c1-14-15(2)25-17(20-14)4-5-18(21-25)24-10-8-23(9-11-24)13-16-6-7-22(3)19(26)12-16/h4-7,12H,8-11,13H2,1-3H3. The Balaban J connectivity index is 1.44. The van der Waals surface area contributed by atoms with Crippen LogP contribution in [0.5, 0.6) is 0 Å².